The molecule has 1 heterocycles. The van der Waals surface area contributed by atoms with Gasteiger partial charge in [0, 0.05) is 31.4 Å². The van der Waals surface area contributed by atoms with Crippen molar-refractivity contribution in [3.8, 4) is 0 Å². The number of nitrogens with zero attached hydrogens (tertiary/aromatic N) is 2. The summed E-state index contributed by atoms with van der Waals surface area (Å²) in [6.45, 7) is 11.4. The lowest BCUT2D eigenvalue weighted by atomic mass is 10.1. The number of rotatable bonds is 2. The quantitative estimate of drug-likeness (QED) is 0.900. The number of amides is 1. The van der Waals surface area contributed by atoms with Gasteiger partial charge in [-0.15, -0.1) is 0 Å². The number of aromatic carboxylic acids is 1. The van der Waals surface area contributed by atoms with Gasteiger partial charge in [0.1, 0.15) is 5.60 Å². The highest BCUT2D eigenvalue weighted by Crippen LogP contribution is 2.25. The van der Waals surface area contributed by atoms with E-state index in [1.165, 1.54) is 0 Å². The molecule has 24 heavy (non-hydrogen) atoms. The Morgan fingerprint density at radius 3 is 2.42 bits per heavy atom. The predicted molar refractivity (Wildman–Crippen MR) is 92.8 cm³/mol. The Labute approximate surface area is 143 Å². The molecule has 1 aliphatic heterocycles. The third-order valence-electron chi connectivity index (χ3n) is 4.04. The number of anilines is 1. The highest BCUT2D eigenvalue weighted by Gasteiger charge is 2.31. The number of aryl methyl sites for hydroxylation is 1. The minimum Gasteiger partial charge on any atom is -0.478 e. The molecule has 0 spiro atoms. The number of ether oxygens (including phenoxy) is 1. The maximum absolute atomic E-state index is 12.3. The van der Waals surface area contributed by atoms with E-state index in [1.54, 1.807) is 17.0 Å². The van der Waals surface area contributed by atoms with Gasteiger partial charge in [0.25, 0.3) is 0 Å². The first-order chi connectivity index (χ1) is 11.1. The number of benzene rings is 1. The average Bonchev–Trinajstić information content (AvgIpc) is 2.44. The molecule has 1 fully saturated rings. The zero-order chi connectivity index (χ0) is 18.1. The predicted octanol–water partition coefficient (Wildman–Crippen LogP) is 3.14. The third-order valence-corrected chi connectivity index (χ3v) is 4.04. The molecule has 1 amide bonds. The number of piperazine rings is 1. The molecule has 1 saturated heterocycles. The standard InChI is InChI=1S/C18H26N2O4/c1-12-10-14(16(21)22)6-7-15(12)19-8-9-20(13(2)11-19)17(23)24-18(3,4)5/h6-7,10,13H,8-9,11H2,1-5H3,(H,21,22)/t13-/m0/s1. The van der Waals surface area contributed by atoms with Crippen LogP contribution < -0.4 is 4.90 Å². The molecular formula is C18H26N2O4. The van der Waals surface area contributed by atoms with Gasteiger partial charge in [-0.2, -0.15) is 0 Å². The van der Waals surface area contributed by atoms with Gasteiger partial charge in [-0.1, -0.05) is 0 Å². The highest BCUT2D eigenvalue weighted by molar-refractivity contribution is 5.88. The number of hydrogen-bond donors (Lipinski definition) is 1. The number of carboxylic acid groups (broad SMARTS) is 1. The summed E-state index contributed by atoms with van der Waals surface area (Å²) in [6.07, 6.45) is -0.285. The molecule has 0 aromatic heterocycles. The van der Waals surface area contributed by atoms with E-state index in [0.29, 0.717) is 19.6 Å². The Balaban J connectivity index is 2.08. The molecule has 0 bridgehead atoms. The maximum Gasteiger partial charge on any atom is 0.410 e. The molecule has 0 unspecified atom stereocenters. The smallest absolute Gasteiger partial charge is 0.410 e. The molecule has 6 heteroatoms. The normalized spacial score (nSPS) is 18.5. The second-order valence-electron chi connectivity index (χ2n) is 7.28. The molecule has 1 atom stereocenters. The number of carbonyl (C=O) groups is 2. The van der Waals surface area contributed by atoms with Crippen molar-refractivity contribution >= 4 is 17.7 Å². The van der Waals surface area contributed by atoms with Gasteiger partial charge >= 0.3 is 12.1 Å². The van der Waals surface area contributed by atoms with Crippen LogP contribution in [0.1, 0.15) is 43.6 Å². The number of hydrogen-bond acceptors (Lipinski definition) is 4. The van der Waals surface area contributed by atoms with Gasteiger partial charge in [0.2, 0.25) is 0 Å². The van der Waals surface area contributed by atoms with E-state index in [0.717, 1.165) is 11.3 Å². The van der Waals surface area contributed by atoms with Crippen LogP contribution in [0.15, 0.2) is 18.2 Å². The van der Waals surface area contributed by atoms with Crippen molar-refractivity contribution in [1.29, 1.82) is 0 Å². The van der Waals surface area contributed by atoms with E-state index >= 15 is 0 Å². The molecule has 1 aromatic rings. The Kier molecular flexibility index (Phi) is 5.06. The van der Waals surface area contributed by atoms with Gasteiger partial charge in [-0.3, -0.25) is 0 Å². The van der Waals surface area contributed by atoms with Gasteiger partial charge in [-0.25, -0.2) is 9.59 Å². The van der Waals surface area contributed by atoms with Crippen LogP contribution in [0, 0.1) is 6.92 Å². The summed E-state index contributed by atoms with van der Waals surface area (Å²) in [5.74, 6) is -0.923. The molecule has 0 aliphatic carbocycles. The Morgan fingerprint density at radius 1 is 1.25 bits per heavy atom. The topological polar surface area (TPSA) is 70.1 Å². The van der Waals surface area contributed by atoms with Crippen molar-refractivity contribution in [3.63, 3.8) is 0 Å². The van der Waals surface area contributed by atoms with Crippen molar-refractivity contribution in [2.24, 2.45) is 0 Å². The van der Waals surface area contributed by atoms with E-state index in [-0.39, 0.29) is 17.7 Å². The van der Waals surface area contributed by atoms with E-state index in [1.807, 2.05) is 40.7 Å². The van der Waals surface area contributed by atoms with Crippen LogP contribution in [0.5, 0.6) is 0 Å². The lowest BCUT2D eigenvalue weighted by molar-refractivity contribution is 0.0159. The fraction of sp³-hybridized carbons (Fsp3) is 0.556. The number of carboxylic acids is 1. The van der Waals surface area contributed by atoms with Crippen molar-refractivity contribution in [2.75, 3.05) is 24.5 Å². The molecule has 1 aliphatic rings. The monoisotopic (exact) mass is 334 g/mol. The molecule has 2 rings (SSSR count). The SMILES string of the molecule is Cc1cc(C(=O)O)ccc1N1CCN(C(=O)OC(C)(C)C)[C@@H](C)C1. The van der Waals surface area contributed by atoms with Crippen molar-refractivity contribution in [3.05, 3.63) is 29.3 Å². The van der Waals surface area contributed by atoms with Crippen LogP contribution in [0.3, 0.4) is 0 Å². The largest absolute Gasteiger partial charge is 0.478 e. The molecule has 132 valence electrons. The summed E-state index contributed by atoms with van der Waals surface area (Å²) in [7, 11) is 0. The van der Waals surface area contributed by atoms with Crippen LogP contribution in [0.4, 0.5) is 10.5 Å². The summed E-state index contributed by atoms with van der Waals surface area (Å²) in [4.78, 5) is 27.3. The first-order valence-corrected chi connectivity index (χ1v) is 8.17. The zero-order valence-electron chi connectivity index (χ0n) is 15.0. The fourth-order valence-electron chi connectivity index (χ4n) is 2.91. The van der Waals surface area contributed by atoms with Crippen LogP contribution in [0.25, 0.3) is 0 Å². The van der Waals surface area contributed by atoms with Crippen LogP contribution in [-0.4, -0.2) is 53.3 Å². The van der Waals surface area contributed by atoms with Crippen molar-refractivity contribution in [1.82, 2.24) is 4.90 Å². The Morgan fingerprint density at radius 2 is 1.92 bits per heavy atom. The fourth-order valence-corrected chi connectivity index (χ4v) is 2.91. The average molecular weight is 334 g/mol. The van der Waals surface area contributed by atoms with E-state index in [4.69, 9.17) is 9.84 Å². The van der Waals surface area contributed by atoms with Crippen LogP contribution in [0.2, 0.25) is 0 Å². The first kappa shape index (κ1) is 18.1. The van der Waals surface area contributed by atoms with E-state index in [9.17, 15) is 9.59 Å². The lowest BCUT2D eigenvalue weighted by Crippen LogP contribution is -2.55. The second-order valence-corrected chi connectivity index (χ2v) is 7.28. The first-order valence-electron chi connectivity index (χ1n) is 8.17. The van der Waals surface area contributed by atoms with Gasteiger partial charge in [0.15, 0.2) is 0 Å². The van der Waals surface area contributed by atoms with Crippen molar-refractivity contribution < 1.29 is 19.4 Å². The Hall–Kier alpha value is -2.24. The molecule has 1 N–H and O–H groups in total. The van der Waals surface area contributed by atoms with Gasteiger partial charge < -0.3 is 19.6 Å². The minimum atomic E-state index is -0.923. The minimum absolute atomic E-state index is 0.0205. The van der Waals surface area contributed by atoms with Crippen LogP contribution in [-0.2, 0) is 4.74 Å². The van der Waals surface area contributed by atoms with E-state index in [2.05, 4.69) is 4.90 Å². The summed E-state index contributed by atoms with van der Waals surface area (Å²) in [5, 5.41) is 9.07. The molecule has 0 radical (unpaired) electrons. The number of carbonyl (C=O) groups excluding carboxylic acids is 1. The zero-order valence-corrected chi connectivity index (χ0v) is 15.0. The lowest BCUT2D eigenvalue weighted by Gasteiger charge is -2.41. The summed E-state index contributed by atoms with van der Waals surface area (Å²) < 4.78 is 5.46. The van der Waals surface area contributed by atoms with Gasteiger partial charge in [0.05, 0.1) is 5.56 Å². The second kappa shape index (κ2) is 6.71. The third kappa shape index (κ3) is 4.19. The molecule has 0 saturated carbocycles. The summed E-state index contributed by atoms with van der Waals surface area (Å²) in [6, 6.07) is 5.17. The highest BCUT2D eigenvalue weighted by atomic mass is 16.6. The van der Waals surface area contributed by atoms with Gasteiger partial charge in [-0.05, 0) is 58.4 Å². The molecule has 1 aromatic carbocycles. The summed E-state index contributed by atoms with van der Waals surface area (Å²) >= 11 is 0. The maximum atomic E-state index is 12.3. The molecular weight excluding hydrogens is 308 g/mol. The summed E-state index contributed by atoms with van der Waals surface area (Å²) in [5.41, 5.74) is 1.72. The van der Waals surface area contributed by atoms with Crippen LogP contribution >= 0.6 is 0 Å². The molecule has 6 nitrogen and oxygen atoms in total. The Bertz CT molecular complexity index is 636. The van der Waals surface area contributed by atoms with E-state index < -0.39 is 11.6 Å². The van der Waals surface area contributed by atoms with Crippen molar-refractivity contribution in [2.45, 2.75) is 46.3 Å².